The molecule has 1 saturated heterocycles. The fraction of sp³-hybridized carbons (Fsp3) is 0.643. The Morgan fingerprint density at radius 3 is 3.11 bits per heavy atom. The molecule has 0 aliphatic carbocycles. The van der Waals surface area contributed by atoms with E-state index in [9.17, 15) is 4.79 Å². The van der Waals surface area contributed by atoms with Crippen LogP contribution in [0.5, 0.6) is 0 Å². The van der Waals surface area contributed by atoms with Gasteiger partial charge in [0.2, 0.25) is 0 Å². The second kappa shape index (κ2) is 6.59. The van der Waals surface area contributed by atoms with Crippen LogP contribution in [0.2, 0.25) is 0 Å². The molecule has 1 aromatic heterocycles. The number of hydrogen-bond donors (Lipinski definition) is 2. The van der Waals surface area contributed by atoms with E-state index in [1.54, 1.807) is 0 Å². The number of rotatable bonds is 6. The lowest BCUT2D eigenvalue weighted by Gasteiger charge is -2.07. The summed E-state index contributed by atoms with van der Waals surface area (Å²) in [6.07, 6.45) is 4.27. The highest BCUT2D eigenvalue weighted by Gasteiger charge is 2.15. The molecular weight excluding hydrogens is 228 g/mol. The second-order valence-corrected chi connectivity index (χ2v) is 4.88. The Hall–Kier alpha value is -1.29. The van der Waals surface area contributed by atoms with E-state index in [2.05, 4.69) is 17.2 Å². The number of aromatic amines is 1. The van der Waals surface area contributed by atoms with Gasteiger partial charge >= 0.3 is 0 Å². The molecule has 4 heteroatoms. The van der Waals surface area contributed by atoms with Crippen molar-refractivity contribution in [3.63, 3.8) is 0 Å². The van der Waals surface area contributed by atoms with Crippen molar-refractivity contribution in [1.82, 2.24) is 10.3 Å². The summed E-state index contributed by atoms with van der Waals surface area (Å²) >= 11 is 0. The van der Waals surface area contributed by atoms with Gasteiger partial charge in [0, 0.05) is 25.5 Å². The molecule has 0 spiro atoms. The molecule has 100 valence electrons. The minimum absolute atomic E-state index is 0.00243. The van der Waals surface area contributed by atoms with Crippen molar-refractivity contribution in [2.75, 3.05) is 19.8 Å². The van der Waals surface area contributed by atoms with Crippen molar-refractivity contribution in [2.24, 2.45) is 5.92 Å². The molecule has 1 amide bonds. The third-order valence-corrected chi connectivity index (χ3v) is 3.47. The molecule has 1 atom stereocenters. The quantitative estimate of drug-likeness (QED) is 0.760. The lowest BCUT2D eigenvalue weighted by molar-refractivity contribution is 0.0948. The fourth-order valence-electron chi connectivity index (χ4n) is 2.28. The van der Waals surface area contributed by atoms with Gasteiger partial charge in [-0.05, 0) is 43.7 Å². The normalized spacial score (nSPS) is 19.1. The van der Waals surface area contributed by atoms with E-state index in [1.807, 2.05) is 12.1 Å². The summed E-state index contributed by atoms with van der Waals surface area (Å²) in [5.41, 5.74) is 1.76. The number of hydrogen-bond acceptors (Lipinski definition) is 2. The largest absolute Gasteiger partial charge is 0.381 e. The number of nitrogens with one attached hydrogen (secondary N) is 2. The van der Waals surface area contributed by atoms with Crippen LogP contribution in [0.1, 0.15) is 42.4 Å². The predicted molar refractivity (Wildman–Crippen MR) is 70.7 cm³/mol. The first kappa shape index (κ1) is 13.1. The van der Waals surface area contributed by atoms with Crippen molar-refractivity contribution in [3.05, 3.63) is 23.5 Å². The topological polar surface area (TPSA) is 54.1 Å². The van der Waals surface area contributed by atoms with Crippen LogP contribution in [-0.2, 0) is 11.2 Å². The lowest BCUT2D eigenvalue weighted by atomic mass is 10.0. The van der Waals surface area contributed by atoms with Crippen LogP contribution in [0.4, 0.5) is 0 Å². The number of aromatic nitrogens is 1. The molecule has 0 aromatic carbocycles. The first-order valence-electron chi connectivity index (χ1n) is 6.83. The van der Waals surface area contributed by atoms with Gasteiger partial charge in [0.1, 0.15) is 5.69 Å². The van der Waals surface area contributed by atoms with Crippen molar-refractivity contribution >= 4 is 5.91 Å². The zero-order valence-corrected chi connectivity index (χ0v) is 11.0. The summed E-state index contributed by atoms with van der Waals surface area (Å²) < 4.78 is 5.33. The predicted octanol–water partition coefficient (Wildman–Crippen LogP) is 2.12. The van der Waals surface area contributed by atoms with Crippen LogP contribution in [0.3, 0.4) is 0 Å². The molecule has 0 saturated carbocycles. The summed E-state index contributed by atoms with van der Waals surface area (Å²) in [6.45, 7) is 4.61. The number of aryl methyl sites for hydroxylation is 1. The van der Waals surface area contributed by atoms with E-state index < -0.39 is 0 Å². The lowest BCUT2D eigenvalue weighted by Crippen LogP contribution is -2.25. The maximum absolute atomic E-state index is 11.8. The van der Waals surface area contributed by atoms with Crippen molar-refractivity contribution in [2.45, 2.75) is 32.6 Å². The molecule has 0 unspecified atom stereocenters. The van der Waals surface area contributed by atoms with E-state index in [4.69, 9.17) is 4.74 Å². The highest BCUT2D eigenvalue weighted by molar-refractivity contribution is 5.92. The average Bonchev–Trinajstić information content (AvgIpc) is 3.05. The Morgan fingerprint density at radius 2 is 2.44 bits per heavy atom. The highest BCUT2D eigenvalue weighted by Crippen LogP contribution is 2.17. The summed E-state index contributed by atoms with van der Waals surface area (Å²) in [5.74, 6) is 0.691. The van der Waals surface area contributed by atoms with Gasteiger partial charge in [0.05, 0.1) is 0 Å². The van der Waals surface area contributed by atoms with Crippen molar-refractivity contribution < 1.29 is 9.53 Å². The first-order chi connectivity index (χ1) is 8.79. The number of amides is 1. The standard InChI is InChI=1S/C14H22N2O2/c1-2-12-5-6-13(16-12)14(17)15-8-3-4-11-7-9-18-10-11/h5-6,11,16H,2-4,7-10H2,1H3,(H,15,17)/t11-/m1/s1. The zero-order valence-electron chi connectivity index (χ0n) is 11.0. The molecule has 1 aromatic rings. The fourth-order valence-corrected chi connectivity index (χ4v) is 2.28. The Kier molecular flexibility index (Phi) is 4.81. The Labute approximate surface area is 108 Å². The van der Waals surface area contributed by atoms with Crippen LogP contribution in [0.25, 0.3) is 0 Å². The van der Waals surface area contributed by atoms with Gasteiger partial charge in [0.15, 0.2) is 0 Å². The summed E-state index contributed by atoms with van der Waals surface area (Å²) in [5, 5.41) is 2.95. The van der Waals surface area contributed by atoms with Gasteiger partial charge in [-0.3, -0.25) is 4.79 Å². The minimum Gasteiger partial charge on any atom is -0.381 e. The summed E-state index contributed by atoms with van der Waals surface area (Å²) in [4.78, 5) is 14.9. The summed E-state index contributed by atoms with van der Waals surface area (Å²) in [6, 6.07) is 3.81. The molecule has 1 fully saturated rings. The number of ether oxygens (including phenoxy) is 1. The molecule has 1 aliphatic rings. The molecule has 18 heavy (non-hydrogen) atoms. The first-order valence-corrected chi connectivity index (χ1v) is 6.83. The molecule has 4 nitrogen and oxygen atoms in total. The number of H-pyrrole nitrogens is 1. The van der Waals surface area contributed by atoms with E-state index in [0.717, 1.165) is 44.7 Å². The number of carbonyl (C=O) groups excluding carboxylic acids is 1. The maximum Gasteiger partial charge on any atom is 0.267 e. The van der Waals surface area contributed by atoms with Crippen LogP contribution in [0.15, 0.2) is 12.1 Å². The molecule has 2 N–H and O–H groups in total. The minimum atomic E-state index is -0.00243. The molecular formula is C14H22N2O2. The van der Waals surface area contributed by atoms with Gasteiger partial charge < -0.3 is 15.0 Å². The SMILES string of the molecule is CCc1ccc(C(=O)NCCC[C@@H]2CCOC2)[nH]1. The third kappa shape index (κ3) is 3.60. The van der Waals surface area contributed by atoms with E-state index in [-0.39, 0.29) is 5.91 Å². The number of carbonyl (C=O) groups is 1. The molecule has 0 radical (unpaired) electrons. The Bertz CT molecular complexity index is 381. The van der Waals surface area contributed by atoms with Gasteiger partial charge in [-0.2, -0.15) is 0 Å². The van der Waals surface area contributed by atoms with Crippen LogP contribution >= 0.6 is 0 Å². The molecule has 2 rings (SSSR count). The van der Waals surface area contributed by atoms with Gasteiger partial charge in [-0.15, -0.1) is 0 Å². The van der Waals surface area contributed by atoms with Gasteiger partial charge in [-0.1, -0.05) is 6.92 Å². The highest BCUT2D eigenvalue weighted by atomic mass is 16.5. The van der Waals surface area contributed by atoms with Crippen LogP contribution in [-0.4, -0.2) is 30.6 Å². The average molecular weight is 250 g/mol. The van der Waals surface area contributed by atoms with Crippen LogP contribution < -0.4 is 5.32 Å². The molecule has 1 aliphatic heterocycles. The summed E-state index contributed by atoms with van der Waals surface area (Å²) in [7, 11) is 0. The van der Waals surface area contributed by atoms with Crippen molar-refractivity contribution in [3.8, 4) is 0 Å². The Balaban J connectivity index is 1.65. The monoisotopic (exact) mass is 250 g/mol. The second-order valence-electron chi connectivity index (χ2n) is 4.88. The van der Waals surface area contributed by atoms with Gasteiger partial charge in [-0.25, -0.2) is 0 Å². The van der Waals surface area contributed by atoms with E-state index in [0.29, 0.717) is 11.6 Å². The van der Waals surface area contributed by atoms with Crippen molar-refractivity contribution in [1.29, 1.82) is 0 Å². The maximum atomic E-state index is 11.8. The zero-order chi connectivity index (χ0) is 12.8. The Morgan fingerprint density at radius 1 is 1.56 bits per heavy atom. The van der Waals surface area contributed by atoms with E-state index in [1.165, 1.54) is 6.42 Å². The van der Waals surface area contributed by atoms with Gasteiger partial charge in [0.25, 0.3) is 5.91 Å². The van der Waals surface area contributed by atoms with E-state index >= 15 is 0 Å². The molecule has 0 bridgehead atoms. The third-order valence-electron chi connectivity index (χ3n) is 3.47. The smallest absolute Gasteiger partial charge is 0.267 e. The molecule has 2 heterocycles. The van der Waals surface area contributed by atoms with Crippen LogP contribution in [0, 0.1) is 5.92 Å².